The molecule has 3 rings (SSSR count). The van der Waals surface area contributed by atoms with Crippen molar-refractivity contribution in [1.82, 2.24) is 10.5 Å². The van der Waals surface area contributed by atoms with Crippen LogP contribution in [0.4, 0.5) is 11.4 Å². The van der Waals surface area contributed by atoms with E-state index in [1.807, 2.05) is 0 Å². The van der Waals surface area contributed by atoms with E-state index >= 15 is 0 Å². The molecule has 1 amide bonds. The smallest absolute Gasteiger partial charge is 0.269 e. The number of benzene rings is 2. The van der Waals surface area contributed by atoms with E-state index in [0.717, 1.165) is 5.69 Å². The van der Waals surface area contributed by atoms with E-state index in [4.69, 9.17) is 16.1 Å². The molecule has 1 heterocycles. The fraction of sp³-hybridized carbons (Fsp3) is 0.158. The van der Waals surface area contributed by atoms with Gasteiger partial charge in [-0.15, -0.1) is 0 Å². The molecule has 144 valence electrons. The minimum Gasteiger partial charge on any atom is -0.383 e. The molecule has 0 radical (unpaired) electrons. The highest BCUT2D eigenvalue weighted by molar-refractivity contribution is 6.33. The molecule has 0 aliphatic carbocycles. The summed E-state index contributed by atoms with van der Waals surface area (Å²) in [5.74, 6) is 0.0786. The van der Waals surface area contributed by atoms with E-state index in [0.29, 0.717) is 40.7 Å². The van der Waals surface area contributed by atoms with Gasteiger partial charge in [0.05, 0.1) is 9.95 Å². The third-order valence-electron chi connectivity index (χ3n) is 4.04. The number of aromatic nitrogens is 1. The topological polar surface area (TPSA) is 110 Å². The van der Waals surface area contributed by atoms with Gasteiger partial charge in [0, 0.05) is 36.5 Å². The van der Waals surface area contributed by atoms with Gasteiger partial charge in [0.1, 0.15) is 17.0 Å². The van der Waals surface area contributed by atoms with E-state index in [2.05, 4.69) is 15.8 Å². The van der Waals surface area contributed by atoms with Crippen LogP contribution in [0.15, 0.2) is 53.1 Å². The molecule has 9 heteroatoms. The zero-order valence-electron chi connectivity index (χ0n) is 14.9. The number of nitro benzene ring substituents is 1. The van der Waals surface area contributed by atoms with E-state index in [-0.39, 0.29) is 11.6 Å². The van der Waals surface area contributed by atoms with Gasteiger partial charge in [-0.25, -0.2) is 0 Å². The van der Waals surface area contributed by atoms with Gasteiger partial charge in [0.15, 0.2) is 0 Å². The lowest BCUT2D eigenvalue weighted by Gasteiger charge is -2.08. The maximum absolute atomic E-state index is 12.6. The van der Waals surface area contributed by atoms with Crippen LogP contribution in [0.25, 0.3) is 11.3 Å². The minimum absolute atomic E-state index is 0.0221. The molecule has 0 fully saturated rings. The predicted molar refractivity (Wildman–Crippen MR) is 106 cm³/mol. The summed E-state index contributed by atoms with van der Waals surface area (Å²) in [6.07, 6.45) is 0. The molecule has 0 saturated heterocycles. The van der Waals surface area contributed by atoms with Gasteiger partial charge in [0.2, 0.25) is 0 Å². The third-order valence-corrected chi connectivity index (χ3v) is 4.37. The number of nitrogens with zero attached hydrogens (tertiary/aromatic N) is 2. The molecule has 0 saturated carbocycles. The maximum Gasteiger partial charge on any atom is 0.269 e. The van der Waals surface area contributed by atoms with Crippen molar-refractivity contribution >= 4 is 28.9 Å². The third kappa shape index (κ3) is 4.29. The van der Waals surface area contributed by atoms with Gasteiger partial charge in [-0.05, 0) is 25.1 Å². The van der Waals surface area contributed by atoms with E-state index in [1.54, 1.807) is 43.3 Å². The Hall–Kier alpha value is -3.39. The first-order chi connectivity index (χ1) is 13.5. The molecule has 8 nitrogen and oxygen atoms in total. The largest absolute Gasteiger partial charge is 0.383 e. The molecular formula is C19H17ClN4O4. The second kappa shape index (κ2) is 8.53. The average molecular weight is 401 g/mol. The number of nitrogens with one attached hydrogen (secondary N) is 2. The van der Waals surface area contributed by atoms with Crippen molar-refractivity contribution in [3.63, 3.8) is 0 Å². The van der Waals surface area contributed by atoms with Gasteiger partial charge in [-0.3, -0.25) is 14.9 Å². The number of nitro groups is 1. The molecule has 0 atom stereocenters. The molecule has 0 aliphatic rings. The zero-order valence-corrected chi connectivity index (χ0v) is 15.7. The van der Waals surface area contributed by atoms with Crippen LogP contribution in [0.1, 0.15) is 16.1 Å². The van der Waals surface area contributed by atoms with Crippen molar-refractivity contribution in [3.8, 4) is 11.3 Å². The van der Waals surface area contributed by atoms with Crippen molar-refractivity contribution in [2.45, 2.75) is 6.92 Å². The molecule has 28 heavy (non-hydrogen) atoms. The summed E-state index contributed by atoms with van der Waals surface area (Å²) in [5.41, 5.74) is 2.09. The Balaban J connectivity index is 1.61. The van der Waals surface area contributed by atoms with Gasteiger partial charge in [-0.2, -0.15) is 0 Å². The Morgan fingerprint density at radius 1 is 1.18 bits per heavy atom. The average Bonchev–Trinajstić information content (AvgIpc) is 3.07. The highest BCUT2D eigenvalue weighted by Crippen LogP contribution is 2.30. The van der Waals surface area contributed by atoms with E-state index in [9.17, 15) is 14.9 Å². The fourth-order valence-corrected chi connectivity index (χ4v) is 2.87. The lowest BCUT2D eigenvalue weighted by atomic mass is 10.1. The van der Waals surface area contributed by atoms with Crippen molar-refractivity contribution in [2.75, 3.05) is 18.4 Å². The maximum atomic E-state index is 12.6. The Kier molecular flexibility index (Phi) is 5.90. The standard InChI is InChI=1S/C19H17ClN4O4/c1-12-17(18(23-28-12)15-4-2-3-5-16(15)20)19(25)22-11-10-21-13-6-8-14(9-7-13)24(26)27/h2-9,21H,10-11H2,1H3,(H,22,25). The highest BCUT2D eigenvalue weighted by Gasteiger charge is 2.22. The van der Waals surface area contributed by atoms with Gasteiger partial charge in [0.25, 0.3) is 11.6 Å². The lowest BCUT2D eigenvalue weighted by molar-refractivity contribution is -0.384. The second-order valence-corrected chi connectivity index (χ2v) is 6.34. The van der Waals surface area contributed by atoms with Crippen molar-refractivity contribution in [2.24, 2.45) is 0 Å². The Morgan fingerprint density at radius 3 is 2.57 bits per heavy atom. The Morgan fingerprint density at radius 2 is 1.89 bits per heavy atom. The summed E-state index contributed by atoms with van der Waals surface area (Å²) in [6, 6.07) is 13.1. The molecule has 2 N–H and O–H groups in total. The van der Waals surface area contributed by atoms with Crippen LogP contribution in [0, 0.1) is 17.0 Å². The van der Waals surface area contributed by atoms with E-state index in [1.165, 1.54) is 12.1 Å². The minimum atomic E-state index is -0.456. The number of carbonyl (C=O) groups excluding carboxylic acids is 1. The van der Waals surface area contributed by atoms with Crippen LogP contribution in [0.2, 0.25) is 5.02 Å². The second-order valence-electron chi connectivity index (χ2n) is 5.93. The first-order valence-electron chi connectivity index (χ1n) is 8.45. The van der Waals surface area contributed by atoms with Crippen molar-refractivity contribution < 1.29 is 14.2 Å². The number of anilines is 1. The molecule has 2 aromatic carbocycles. The zero-order chi connectivity index (χ0) is 20.1. The summed E-state index contributed by atoms with van der Waals surface area (Å²) < 4.78 is 5.19. The van der Waals surface area contributed by atoms with Crippen LogP contribution < -0.4 is 10.6 Å². The van der Waals surface area contributed by atoms with Crippen molar-refractivity contribution in [3.05, 3.63) is 75.0 Å². The SMILES string of the molecule is Cc1onc(-c2ccccc2Cl)c1C(=O)NCCNc1ccc([N+](=O)[O-])cc1. The van der Waals surface area contributed by atoms with Crippen LogP contribution in [-0.2, 0) is 0 Å². The number of hydrogen-bond donors (Lipinski definition) is 2. The normalized spacial score (nSPS) is 10.5. The summed E-state index contributed by atoms with van der Waals surface area (Å²) >= 11 is 6.20. The first kappa shape index (κ1) is 19.4. The number of rotatable bonds is 7. The predicted octanol–water partition coefficient (Wildman–Crippen LogP) is 4.05. The molecular weight excluding hydrogens is 384 g/mol. The number of halogens is 1. The summed E-state index contributed by atoms with van der Waals surface area (Å²) in [6.45, 7) is 2.44. The van der Waals surface area contributed by atoms with Gasteiger partial charge < -0.3 is 15.2 Å². The molecule has 3 aromatic rings. The van der Waals surface area contributed by atoms with Gasteiger partial charge >= 0.3 is 0 Å². The van der Waals surface area contributed by atoms with E-state index < -0.39 is 4.92 Å². The summed E-state index contributed by atoms with van der Waals surface area (Å²) in [7, 11) is 0. The van der Waals surface area contributed by atoms with Crippen LogP contribution >= 0.6 is 11.6 Å². The molecule has 0 spiro atoms. The highest BCUT2D eigenvalue weighted by atomic mass is 35.5. The van der Waals surface area contributed by atoms with Crippen LogP contribution in [0.3, 0.4) is 0 Å². The van der Waals surface area contributed by atoms with Gasteiger partial charge in [-0.1, -0.05) is 35.0 Å². The summed E-state index contributed by atoms with van der Waals surface area (Å²) in [5, 5.41) is 21.0. The Labute approximate surface area is 165 Å². The van der Waals surface area contributed by atoms with Crippen LogP contribution in [0.5, 0.6) is 0 Å². The number of non-ortho nitro benzene ring substituents is 1. The number of aryl methyl sites for hydroxylation is 1. The lowest BCUT2D eigenvalue weighted by Crippen LogP contribution is -2.29. The quantitative estimate of drug-likeness (QED) is 0.351. The van der Waals surface area contributed by atoms with Crippen molar-refractivity contribution in [1.29, 1.82) is 0 Å². The summed E-state index contributed by atoms with van der Waals surface area (Å²) in [4.78, 5) is 22.8. The number of amides is 1. The molecule has 0 aliphatic heterocycles. The first-order valence-corrected chi connectivity index (χ1v) is 8.83. The van der Waals surface area contributed by atoms with Crippen LogP contribution in [-0.4, -0.2) is 29.1 Å². The Bertz CT molecular complexity index is 1000. The monoisotopic (exact) mass is 400 g/mol. The number of hydrogen-bond acceptors (Lipinski definition) is 6. The molecule has 0 unspecified atom stereocenters. The fourth-order valence-electron chi connectivity index (χ4n) is 2.65. The number of carbonyl (C=O) groups is 1. The molecule has 1 aromatic heterocycles. The molecule has 0 bridgehead atoms.